The van der Waals surface area contributed by atoms with Crippen LogP contribution in [0.1, 0.15) is 49.4 Å². The second-order valence-electron chi connectivity index (χ2n) is 12.3. The molecule has 6 heteroatoms. The second kappa shape index (κ2) is 16.0. The molecule has 0 aliphatic carbocycles. The van der Waals surface area contributed by atoms with Crippen LogP contribution in [0.15, 0.2) is 152 Å². The number of carbonyl (C=O) groups is 1. The Morgan fingerprint density at radius 3 is 1.85 bits per heavy atom. The van der Waals surface area contributed by atoms with Gasteiger partial charge in [0.2, 0.25) is 0 Å². The van der Waals surface area contributed by atoms with Crippen LogP contribution in [0, 0.1) is 0 Å². The molecule has 1 saturated heterocycles. The van der Waals surface area contributed by atoms with E-state index in [-0.39, 0.29) is 0 Å². The highest BCUT2D eigenvalue weighted by Gasteiger charge is 2.45. The molecule has 0 unspecified atom stereocenters. The Morgan fingerprint density at radius 2 is 1.35 bits per heavy atom. The Bertz CT molecular complexity index is 1550. The van der Waals surface area contributed by atoms with Gasteiger partial charge in [0.05, 0.1) is 12.2 Å². The molecule has 0 spiro atoms. The average Bonchev–Trinajstić information content (AvgIpc) is 3.43. The number of hydrogen-bond acceptors (Lipinski definition) is 6. The van der Waals surface area contributed by atoms with Crippen LogP contribution in [-0.2, 0) is 29.3 Å². The van der Waals surface area contributed by atoms with Crippen molar-refractivity contribution in [3.63, 3.8) is 0 Å². The van der Waals surface area contributed by atoms with Crippen LogP contribution in [0.25, 0.3) is 6.08 Å². The highest BCUT2D eigenvalue weighted by atomic mass is 16.8. The molecular formula is C42H44O6. The molecule has 0 amide bonds. The number of hydrogen-bond donors (Lipinski definition) is 1. The molecule has 0 radical (unpaired) electrons. The lowest BCUT2D eigenvalue weighted by Gasteiger charge is -2.39. The van der Waals surface area contributed by atoms with Gasteiger partial charge in [0.1, 0.15) is 23.9 Å². The van der Waals surface area contributed by atoms with Gasteiger partial charge in [-0.2, -0.15) is 0 Å². The topological polar surface area (TPSA) is 74.2 Å². The van der Waals surface area contributed by atoms with E-state index in [1.54, 1.807) is 24.3 Å². The first-order valence-corrected chi connectivity index (χ1v) is 16.3. The molecule has 1 fully saturated rings. The summed E-state index contributed by atoms with van der Waals surface area (Å²) in [6.07, 6.45) is 5.01. The van der Waals surface area contributed by atoms with Crippen LogP contribution in [0.4, 0.5) is 0 Å². The molecule has 248 valence electrons. The summed E-state index contributed by atoms with van der Waals surface area (Å²) in [4.78, 5) is 12.9. The fourth-order valence-corrected chi connectivity index (χ4v) is 6.04. The molecule has 1 aliphatic heterocycles. The molecule has 4 aromatic rings. The minimum atomic E-state index is -1.01. The minimum absolute atomic E-state index is 0.356. The van der Waals surface area contributed by atoms with Gasteiger partial charge in [0.15, 0.2) is 5.79 Å². The van der Waals surface area contributed by atoms with Gasteiger partial charge in [0, 0.05) is 12.5 Å². The molecule has 0 aromatic heterocycles. The van der Waals surface area contributed by atoms with Crippen molar-refractivity contribution in [3.8, 4) is 0 Å². The third-order valence-electron chi connectivity index (χ3n) is 8.29. The van der Waals surface area contributed by atoms with Crippen molar-refractivity contribution in [1.29, 1.82) is 0 Å². The number of carbonyl (C=O) groups excluding carboxylic acids is 1. The lowest BCUT2D eigenvalue weighted by Crippen LogP contribution is -2.40. The number of rotatable bonds is 14. The third kappa shape index (κ3) is 8.46. The molecule has 1 aliphatic rings. The predicted octanol–water partition coefficient (Wildman–Crippen LogP) is 8.02. The maximum Gasteiger partial charge on any atom is 0.331 e. The summed E-state index contributed by atoms with van der Waals surface area (Å²) >= 11 is 0. The van der Waals surface area contributed by atoms with Crippen molar-refractivity contribution in [2.24, 2.45) is 0 Å². The summed E-state index contributed by atoms with van der Waals surface area (Å²) in [6.45, 7) is 9.34. The summed E-state index contributed by atoms with van der Waals surface area (Å²) in [5.41, 5.74) is 2.71. The standard InChI is InChI=1S/C42H44O6/c1-5-18-37(45-39(44)30-27-32-19-10-6-11-20-32)40-38(47-41(3,4)48-40)29-28-36(43)31(2)46-42(33-21-12-7-13-22-33,34-23-14-8-15-24-34)35-25-16-9-17-26-35/h5-17,19-31,36-38,40,43H,1,18H2,2-4H3/b29-28+,30-27+/t31-,36-,37+,38+,40+/m0/s1. The fourth-order valence-electron chi connectivity index (χ4n) is 6.04. The summed E-state index contributed by atoms with van der Waals surface area (Å²) < 4.78 is 25.3. The highest BCUT2D eigenvalue weighted by Crippen LogP contribution is 2.42. The number of aliphatic hydroxyl groups excluding tert-OH is 1. The quantitative estimate of drug-likeness (QED) is 0.0649. The van der Waals surface area contributed by atoms with Crippen molar-refractivity contribution in [3.05, 3.63) is 174 Å². The zero-order valence-electron chi connectivity index (χ0n) is 27.7. The van der Waals surface area contributed by atoms with Crippen molar-refractivity contribution in [2.45, 2.75) is 69.1 Å². The van der Waals surface area contributed by atoms with E-state index in [1.807, 2.05) is 142 Å². The smallest absolute Gasteiger partial charge is 0.331 e. The zero-order valence-corrected chi connectivity index (χ0v) is 27.7. The van der Waals surface area contributed by atoms with Gasteiger partial charge in [0.25, 0.3) is 0 Å². The maximum absolute atomic E-state index is 12.9. The van der Waals surface area contributed by atoms with Crippen molar-refractivity contribution >= 4 is 12.0 Å². The van der Waals surface area contributed by atoms with Gasteiger partial charge in [-0.15, -0.1) is 6.58 Å². The van der Waals surface area contributed by atoms with Gasteiger partial charge < -0.3 is 24.1 Å². The lowest BCUT2D eigenvalue weighted by molar-refractivity contribution is -0.167. The first-order chi connectivity index (χ1) is 23.2. The number of benzene rings is 4. The molecule has 5 atom stereocenters. The molecule has 6 nitrogen and oxygen atoms in total. The Kier molecular flexibility index (Phi) is 11.6. The van der Waals surface area contributed by atoms with E-state index in [9.17, 15) is 9.90 Å². The summed E-state index contributed by atoms with van der Waals surface area (Å²) in [7, 11) is 0. The molecule has 0 bridgehead atoms. The normalized spacial score (nSPS) is 19.6. The zero-order chi connectivity index (χ0) is 34.0. The summed E-state index contributed by atoms with van der Waals surface area (Å²) in [5, 5.41) is 11.5. The SMILES string of the molecule is C=CC[C@@H](OC(=O)/C=C/c1ccccc1)[C@H]1OC(C)(C)O[C@@H]1/C=C/[C@H](O)[C@H](C)OC(c1ccccc1)(c1ccccc1)c1ccccc1. The fraction of sp³-hybridized carbons (Fsp3) is 0.262. The maximum atomic E-state index is 12.9. The number of aliphatic hydroxyl groups is 1. The van der Waals surface area contributed by atoms with Gasteiger partial charge in [-0.3, -0.25) is 0 Å². The Morgan fingerprint density at radius 1 is 0.854 bits per heavy atom. The molecule has 0 saturated carbocycles. The van der Waals surface area contributed by atoms with E-state index in [1.165, 1.54) is 6.08 Å². The summed E-state index contributed by atoms with van der Waals surface area (Å²) in [5.74, 6) is -1.44. The van der Waals surface area contributed by atoms with E-state index < -0.39 is 47.9 Å². The Hall–Kier alpha value is -4.59. The molecule has 5 rings (SSSR count). The predicted molar refractivity (Wildman–Crippen MR) is 189 cm³/mol. The van der Waals surface area contributed by atoms with E-state index in [2.05, 4.69) is 6.58 Å². The van der Waals surface area contributed by atoms with Crippen LogP contribution in [0.3, 0.4) is 0 Å². The van der Waals surface area contributed by atoms with Gasteiger partial charge in [-0.25, -0.2) is 4.79 Å². The Balaban J connectivity index is 1.38. The summed E-state index contributed by atoms with van der Waals surface area (Å²) in [6, 6.07) is 39.7. The second-order valence-corrected chi connectivity index (χ2v) is 12.3. The van der Waals surface area contributed by atoms with Gasteiger partial charge >= 0.3 is 5.97 Å². The third-order valence-corrected chi connectivity index (χ3v) is 8.29. The average molecular weight is 645 g/mol. The van der Waals surface area contributed by atoms with E-state index in [0.29, 0.717) is 6.42 Å². The van der Waals surface area contributed by atoms with Crippen LogP contribution in [0.2, 0.25) is 0 Å². The number of ether oxygens (including phenoxy) is 4. The number of esters is 1. The van der Waals surface area contributed by atoms with E-state index >= 15 is 0 Å². The van der Waals surface area contributed by atoms with Gasteiger partial charge in [-0.1, -0.05) is 140 Å². The monoisotopic (exact) mass is 644 g/mol. The molecule has 4 aromatic carbocycles. The molecule has 1 N–H and O–H groups in total. The van der Waals surface area contributed by atoms with Crippen LogP contribution in [0.5, 0.6) is 0 Å². The van der Waals surface area contributed by atoms with Crippen molar-refractivity contribution in [1.82, 2.24) is 0 Å². The molecule has 1 heterocycles. The lowest BCUT2D eigenvalue weighted by atomic mass is 9.80. The van der Waals surface area contributed by atoms with Crippen LogP contribution < -0.4 is 0 Å². The van der Waals surface area contributed by atoms with Crippen LogP contribution >= 0.6 is 0 Å². The minimum Gasteiger partial charge on any atom is -0.456 e. The molecular weight excluding hydrogens is 600 g/mol. The highest BCUT2D eigenvalue weighted by molar-refractivity contribution is 5.87. The largest absolute Gasteiger partial charge is 0.456 e. The van der Waals surface area contributed by atoms with E-state index in [0.717, 1.165) is 22.3 Å². The van der Waals surface area contributed by atoms with E-state index in [4.69, 9.17) is 18.9 Å². The first kappa shape index (κ1) is 34.7. The Labute approximate surface area is 284 Å². The van der Waals surface area contributed by atoms with Crippen molar-refractivity contribution < 1.29 is 28.8 Å². The van der Waals surface area contributed by atoms with Crippen LogP contribution in [-0.4, -0.2) is 47.4 Å². The van der Waals surface area contributed by atoms with Crippen molar-refractivity contribution in [2.75, 3.05) is 0 Å². The van der Waals surface area contributed by atoms with Gasteiger partial charge in [-0.05, 0) is 49.1 Å². The molecule has 48 heavy (non-hydrogen) atoms. The first-order valence-electron chi connectivity index (χ1n) is 16.3.